The van der Waals surface area contributed by atoms with Gasteiger partial charge in [-0.2, -0.15) is 12.6 Å². The molecule has 0 saturated heterocycles. The van der Waals surface area contributed by atoms with E-state index in [0.29, 0.717) is 5.75 Å². The molecule has 0 aliphatic carbocycles. The van der Waals surface area contributed by atoms with Gasteiger partial charge in [0.25, 0.3) is 0 Å². The number of phenols is 1. The standard InChI is InChI=1S/C10H14O2S/c1-12-10-7-8(3-2-6-13)4-5-9(10)11/h4-5,7,11,13H,2-3,6H2,1H3. The van der Waals surface area contributed by atoms with Gasteiger partial charge < -0.3 is 9.84 Å². The first-order valence-electron chi connectivity index (χ1n) is 4.24. The molecule has 0 heterocycles. The predicted molar refractivity (Wildman–Crippen MR) is 56.8 cm³/mol. The van der Waals surface area contributed by atoms with E-state index in [9.17, 15) is 5.11 Å². The highest BCUT2D eigenvalue weighted by Crippen LogP contribution is 2.26. The van der Waals surface area contributed by atoms with E-state index < -0.39 is 0 Å². The molecule has 13 heavy (non-hydrogen) atoms. The summed E-state index contributed by atoms with van der Waals surface area (Å²) >= 11 is 4.14. The van der Waals surface area contributed by atoms with Gasteiger partial charge in [-0.25, -0.2) is 0 Å². The van der Waals surface area contributed by atoms with E-state index in [2.05, 4.69) is 12.6 Å². The monoisotopic (exact) mass is 198 g/mol. The van der Waals surface area contributed by atoms with Crippen LogP contribution in [0, 0.1) is 0 Å². The summed E-state index contributed by atoms with van der Waals surface area (Å²) in [6, 6.07) is 5.42. The molecule has 1 N–H and O–H groups in total. The molecule has 0 aliphatic heterocycles. The van der Waals surface area contributed by atoms with Crippen LogP contribution in [-0.2, 0) is 6.42 Å². The Morgan fingerprint density at radius 1 is 1.46 bits per heavy atom. The minimum Gasteiger partial charge on any atom is -0.504 e. The molecular weight excluding hydrogens is 184 g/mol. The third-order valence-corrected chi connectivity index (χ3v) is 2.18. The Morgan fingerprint density at radius 3 is 2.85 bits per heavy atom. The van der Waals surface area contributed by atoms with Crippen molar-refractivity contribution in [3.8, 4) is 11.5 Å². The molecule has 3 heteroatoms. The van der Waals surface area contributed by atoms with Crippen LogP contribution in [0.3, 0.4) is 0 Å². The molecule has 0 aliphatic rings. The number of hydrogen-bond donors (Lipinski definition) is 2. The molecule has 72 valence electrons. The van der Waals surface area contributed by atoms with E-state index in [0.717, 1.165) is 18.6 Å². The number of hydrogen-bond acceptors (Lipinski definition) is 3. The Labute approximate surface area is 84.0 Å². The van der Waals surface area contributed by atoms with Crippen molar-refractivity contribution in [3.05, 3.63) is 23.8 Å². The van der Waals surface area contributed by atoms with Gasteiger partial charge in [0, 0.05) is 0 Å². The summed E-state index contributed by atoms with van der Waals surface area (Å²) in [5, 5.41) is 9.32. The lowest BCUT2D eigenvalue weighted by Crippen LogP contribution is -1.89. The molecule has 0 amide bonds. The van der Waals surface area contributed by atoms with Gasteiger partial charge in [0.05, 0.1) is 7.11 Å². The minimum absolute atomic E-state index is 0.192. The van der Waals surface area contributed by atoms with E-state index in [-0.39, 0.29) is 5.75 Å². The smallest absolute Gasteiger partial charge is 0.160 e. The Morgan fingerprint density at radius 2 is 2.23 bits per heavy atom. The summed E-state index contributed by atoms with van der Waals surface area (Å²) in [6.45, 7) is 0. The fraction of sp³-hybridized carbons (Fsp3) is 0.400. The quantitative estimate of drug-likeness (QED) is 0.727. The van der Waals surface area contributed by atoms with Gasteiger partial charge in [-0.05, 0) is 36.3 Å². The van der Waals surface area contributed by atoms with Crippen molar-refractivity contribution < 1.29 is 9.84 Å². The molecule has 0 radical (unpaired) electrons. The van der Waals surface area contributed by atoms with Gasteiger partial charge in [-0.1, -0.05) is 6.07 Å². The Balaban J connectivity index is 2.74. The third-order valence-electron chi connectivity index (χ3n) is 1.87. The number of aryl methyl sites for hydroxylation is 1. The first kappa shape index (κ1) is 10.3. The van der Waals surface area contributed by atoms with Gasteiger partial charge in [0.15, 0.2) is 11.5 Å². The minimum atomic E-state index is 0.192. The lowest BCUT2D eigenvalue weighted by molar-refractivity contribution is 0.373. The number of phenolic OH excluding ortho intramolecular Hbond substituents is 1. The largest absolute Gasteiger partial charge is 0.504 e. The van der Waals surface area contributed by atoms with Crippen LogP contribution < -0.4 is 4.74 Å². The van der Waals surface area contributed by atoms with Crippen molar-refractivity contribution in [1.82, 2.24) is 0 Å². The summed E-state index contributed by atoms with van der Waals surface area (Å²) in [6.07, 6.45) is 2.01. The van der Waals surface area contributed by atoms with E-state index in [4.69, 9.17) is 4.74 Å². The maximum absolute atomic E-state index is 9.32. The average molecular weight is 198 g/mol. The second kappa shape index (κ2) is 5.02. The molecule has 0 saturated carbocycles. The van der Waals surface area contributed by atoms with Crippen molar-refractivity contribution >= 4 is 12.6 Å². The molecular formula is C10H14O2S. The molecule has 1 aromatic rings. The molecule has 0 unspecified atom stereocenters. The number of thiol groups is 1. The van der Waals surface area contributed by atoms with Crippen molar-refractivity contribution in [1.29, 1.82) is 0 Å². The van der Waals surface area contributed by atoms with Crippen LogP contribution in [0.1, 0.15) is 12.0 Å². The van der Waals surface area contributed by atoms with Gasteiger partial charge in [0.2, 0.25) is 0 Å². The third kappa shape index (κ3) is 2.84. The lowest BCUT2D eigenvalue weighted by Gasteiger charge is -2.05. The topological polar surface area (TPSA) is 29.5 Å². The Kier molecular flexibility index (Phi) is 3.96. The maximum Gasteiger partial charge on any atom is 0.160 e. The average Bonchev–Trinajstić information content (AvgIpc) is 2.16. The summed E-state index contributed by atoms with van der Waals surface area (Å²) in [5.41, 5.74) is 1.17. The van der Waals surface area contributed by atoms with Crippen LogP contribution in [0.5, 0.6) is 11.5 Å². The van der Waals surface area contributed by atoms with Crippen LogP contribution >= 0.6 is 12.6 Å². The fourth-order valence-electron chi connectivity index (χ4n) is 1.16. The summed E-state index contributed by atoms with van der Waals surface area (Å²) < 4.78 is 5.00. The van der Waals surface area contributed by atoms with E-state index in [1.807, 2.05) is 12.1 Å². The number of methoxy groups -OCH3 is 1. The molecule has 1 rings (SSSR count). The molecule has 2 nitrogen and oxygen atoms in total. The first-order chi connectivity index (χ1) is 6.27. The predicted octanol–water partition coefficient (Wildman–Crippen LogP) is 2.26. The summed E-state index contributed by atoms with van der Waals surface area (Å²) in [5.74, 6) is 1.61. The summed E-state index contributed by atoms with van der Waals surface area (Å²) in [4.78, 5) is 0. The molecule has 1 aromatic carbocycles. The van der Waals surface area contributed by atoms with Crippen molar-refractivity contribution in [2.45, 2.75) is 12.8 Å². The highest BCUT2D eigenvalue weighted by Gasteiger charge is 2.01. The highest BCUT2D eigenvalue weighted by molar-refractivity contribution is 7.80. The maximum atomic E-state index is 9.32. The number of benzene rings is 1. The van der Waals surface area contributed by atoms with Gasteiger partial charge >= 0.3 is 0 Å². The van der Waals surface area contributed by atoms with Crippen LogP contribution in [-0.4, -0.2) is 18.0 Å². The first-order valence-corrected chi connectivity index (χ1v) is 4.88. The molecule has 0 atom stereocenters. The van der Waals surface area contributed by atoms with E-state index in [1.54, 1.807) is 13.2 Å². The normalized spacial score (nSPS) is 10.0. The van der Waals surface area contributed by atoms with Crippen LogP contribution in [0.2, 0.25) is 0 Å². The summed E-state index contributed by atoms with van der Waals surface area (Å²) in [7, 11) is 1.55. The highest BCUT2D eigenvalue weighted by atomic mass is 32.1. The van der Waals surface area contributed by atoms with E-state index >= 15 is 0 Å². The second-order valence-corrected chi connectivity index (χ2v) is 3.28. The van der Waals surface area contributed by atoms with Crippen molar-refractivity contribution in [3.63, 3.8) is 0 Å². The van der Waals surface area contributed by atoms with Gasteiger partial charge in [0.1, 0.15) is 0 Å². The molecule has 0 fully saturated rings. The van der Waals surface area contributed by atoms with Gasteiger partial charge in [-0.3, -0.25) is 0 Å². The zero-order valence-corrected chi connectivity index (χ0v) is 8.55. The Bertz CT molecular complexity index is 274. The lowest BCUT2D eigenvalue weighted by atomic mass is 10.1. The van der Waals surface area contributed by atoms with Crippen molar-refractivity contribution in [2.24, 2.45) is 0 Å². The molecule has 0 spiro atoms. The number of aromatic hydroxyl groups is 1. The number of rotatable bonds is 4. The van der Waals surface area contributed by atoms with Crippen LogP contribution in [0.15, 0.2) is 18.2 Å². The van der Waals surface area contributed by atoms with E-state index in [1.165, 1.54) is 5.56 Å². The van der Waals surface area contributed by atoms with Crippen LogP contribution in [0.4, 0.5) is 0 Å². The van der Waals surface area contributed by atoms with Crippen molar-refractivity contribution in [2.75, 3.05) is 12.9 Å². The number of ether oxygens (including phenoxy) is 1. The van der Waals surface area contributed by atoms with Crippen LogP contribution in [0.25, 0.3) is 0 Å². The zero-order chi connectivity index (χ0) is 9.68. The molecule has 0 aromatic heterocycles. The zero-order valence-electron chi connectivity index (χ0n) is 7.66. The second-order valence-electron chi connectivity index (χ2n) is 2.83. The van der Waals surface area contributed by atoms with Gasteiger partial charge in [-0.15, -0.1) is 0 Å². The Hall–Kier alpha value is -0.830. The fourth-order valence-corrected chi connectivity index (χ4v) is 1.32. The molecule has 0 bridgehead atoms. The SMILES string of the molecule is COc1cc(CCCS)ccc1O.